The van der Waals surface area contributed by atoms with Crippen LogP contribution >= 0.6 is 11.3 Å². The van der Waals surface area contributed by atoms with Crippen LogP contribution in [-0.4, -0.2) is 50.1 Å². The number of fused-ring (bicyclic) bond motifs is 1. The van der Waals surface area contributed by atoms with Crippen molar-refractivity contribution < 1.29 is 24.2 Å². The molecule has 0 radical (unpaired) electrons. The van der Waals surface area contributed by atoms with Gasteiger partial charge in [0.1, 0.15) is 11.7 Å². The molecule has 3 rings (SSSR count). The van der Waals surface area contributed by atoms with Gasteiger partial charge in [-0.3, -0.25) is 19.4 Å². The minimum absolute atomic E-state index is 0.0453. The van der Waals surface area contributed by atoms with Gasteiger partial charge in [-0.05, 0) is 63.6 Å². The van der Waals surface area contributed by atoms with Crippen LogP contribution in [-0.2, 0) is 27.2 Å². The van der Waals surface area contributed by atoms with Gasteiger partial charge in [0.05, 0.1) is 16.4 Å². The first-order valence-electron chi connectivity index (χ1n) is 11.9. The third-order valence-corrected chi connectivity index (χ3v) is 6.85. The zero-order valence-electron chi connectivity index (χ0n) is 20.3. The van der Waals surface area contributed by atoms with Gasteiger partial charge in [0.15, 0.2) is 0 Å². The molecule has 3 heterocycles. The lowest BCUT2D eigenvalue weighted by atomic mass is 10.1. The molecule has 0 aliphatic heterocycles. The number of aromatic nitrogens is 3. The van der Waals surface area contributed by atoms with Crippen molar-refractivity contribution in [2.24, 2.45) is 0 Å². The molecule has 11 nitrogen and oxygen atoms in total. The fourth-order valence-corrected chi connectivity index (χ4v) is 4.54. The molecule has 0 spiro atoms. The summed E-state index contributed by atoms with van der Waals surface area (Å²) in [6, 6.07) is 4.32. The van der Waals surface area contributed by atoms with Crippen LogP contribution in [0.4, 0.5) is 5.95 Å². The minimum Gasteiger partial charge on any atom is -0.481 e. The summed E-state index contributed by atoms with van der Waals surface area (Å²) in [5.74, 6) is -2.05. The number of nitrogens with zero attached hydrogens (tertiary/aromatic N) is 1. The third-order valence-electron chi connectivity index (χ3n) is 5.70. The number of hydrogen-bond donors (Lipinski definition) is 5. The topological polar surface area (TPSA) is 180 Å². The monoisotopic (exact) mass is 517 g/mol. The van der Waals surface area contributed by atoms with E-state index in [0.29, 0.717) is 22.3 Å². The zero-order chi connectivity index (χ0) is 26.2. The standard InChI is InChI=1S/C24H31N5O6S/c1-3-13(2)35-23(34)17(9-11-19(30)31)27-22(33)18-10-8-15(36-18)7-5-4-6-14-12-16-20(26-14)28-24(25)29-21(16)32/h8,10,12-13,17H,3-7,9,11H2,1-2H3,(H,27,33)(H,30,31)(H4,25,26,28,29,32). The van der Waals surface area contributed by atoms with Gasteiger partial charge in [0, 0.05) is 17.0 Å². The molecule has 0 saturated heterocycles. The number of aromatic amines is 2. The molecule has 3 aromatic rings. The van der Waals surface area contributed by atoms with Crippen LogP contribution < -0.4 is 16.6 Å². The molecular formula is C24H31N5O6S. The molecule has 0 aliphatic carbocycles. The summed E-state index contributed by atoms with van der Waals surface area (Å²) in [7, 11) is 0. The predicted octanol–water partition coefficient (Wildman–Crippen LogP) is 2.77. The molecule has 2 unspecified atom stereocenters. The molecule has 0 bridgehead atoms. The molecule has 0 saturated carbocycles. The zero-order valence-corrected chi connectivity index (χ0v) is 21.1. The summed E-state index contributed by atoms with van der Waals surface area (Å²) >= 11 is 1.33. The average molecular weight is 518 g/mol. The number of hydrogen-bond acceptors (Lipinski definition) is 8. The number of carbonyl (C=O) groups excluding carboxylic acids is 2. The van der Waals surface area contributed by atoms with Gasteiger partial charge >= 0.3 is 11.9 Å². The highest BCUT2D eigenvalue weighted by Gasteiger charge is 2.25. The molecule has 0 aliphatic rings. The number of carboxylic acid groups (broad SMARTS) is 1. The maximum atomic E-state index is 12.7. The van der Waals surface area contributed by atoms with Crippen LogP contribution in [0.15, 0.2) is 23.0 Å². The summed E-state index contributed by atoms with van der Waals surface area (Å²) in [4.78, 5) is 59.2. The highest BCUT2D eigenvalue weighted by atomic mass is 32.1. The average Bonchev–Trinajstić information content (AvgIpc) is 3.46. The summed E-state index contributed by atoms with van der Waals surface area (Å²) < 4.78 is 5.29. The number of rotatable bonds is 13. The second-order valence-corrected chi connectivity index (χ2v) is 9.76. The van der Waals surface area contributed by atoms with Crippen molar-refractivity contribution in [3.63, 3.8) is 0 Å². The molecule has 6 N–H and O–H groups in total. The van der Waals surface area contributed by atoms with Gasteiger partial charge in [0.25, 0.3) is 11.5 Å². The van der Waals surface area contributed by atoms with E-state index in [9.17, 15) is 19.2 Å². The van der Waals surface area contributed by atoms with E-state index in [-0.39, 0.29) is 30.5 Å². The van der Waals surface area contributed by atoms with Crippen molar-refractivity contribution in [2.75, 3.05) is 5.73 Å². The fourth-order valence-electron chi connectivity index (χ4n) is 3.58. The minimum atomic E-state index is -1.05. The highest BCUT2D eigenvalue weighted by Crippen LogP contribution is 2.20. The number of nitrogens with two attached hydrogens (primary N) is 1. The van der Waals surface area contributed by atoms with E-state index in [2.05, 4.69) is 20.3 Å². The first-order chi connectivity index (χ1) is 17.2. The van der Waals surface area contributed by atoms with Crippen LogP contribution in [0.2, 0.25) is 0 Å². The van der Waals surface area contributed by atoms with Crippen molar-refractivity contribution in [1.82, 2.24) is 20.3 Å². The Morgan fingerprint density at radius 3 is 2.69 bits per heavy atom. The van der Waals surface area contributed by atoms with Crippen molar-refractivity contribution in [3.8, 4) is 0 Å². The lowest BCUT2D eigenvalue weighted by Crippen LogP contribution is -2.42. The summed E-state index contributed by atoms with van der Waals surface area (Å²) in [6.45, 7) is 3.61. The van der Waals surface area contributed by atoms with Gasteiger partial charge in [-0.25, -0.2) is 4.79 Å². The third kappa shape index (κ3) is 7.41. The van der Waals surface area contributed by atoms with E-state index in [4.69, 9.17) is 15.6 Å². The lowest BCUT2D eigenvalue weighted by Gasteiger charge is -2.19. The number of unbranched alkanes of at least 4 members (excludes halogenated alkanes) is 1. The van der Waals surface area contributed by atoms with Crippen LogP contribution in [0.3, 0.4) is 0 Å². The molecule has 0 fully saturated rings. The largest absolute Gasteiger partial charge is 0.481 e. The van der Waals surface area contributed by atoms with Crippen LogP contribution in [0.25, 0.3) is 11.0 Å². The first kappa shape index (κ1) is 26.9. The Bertz CT molecular complexity index is 1280. The maximum absolute atomic E-state index is 12.7. The maximum Gasteiger partial charge on any atom is 0.328 e. The van der Waals surface area contributed by atoms with Gasteiger partial charge in [-0.1, -0.05) is 6.92 Å². The van der Waals surface area contributed by atoms with E-state index in [0.717, 1.165) is 36.3 Å². The number of carbonyl (C=O) groups is 3. The molecule has 12 heteroatoms. The number of aliphatic carboxylic acids is 1. The number of amides is 1. The molecule has 194 valence electrons. The number of H-pyrrole nitrogens is 2. The highest BCUT2D eigenvalue weighted by molar-refractivity contribution is 7.14. The number of nitrogen functional groups attached to an aromatic ring is 1. The number of nitrogens with one attached hydrogen (secondary N) is 3. The van der Waals surface area contributed by atoms with E-state index in [1.54, 1.807) is 19.1 Å². The van der Waals surface area contributed by atoms with Gasteiger partial charge in [0.2, 0.25) is 5.95 Å². The Kier molecular flexibility index (Phi) is 9.23. The Morgan fingerprint density at radius 2 is 1.97 bits per heavy atom. The Balaban J connectivity index is 1.52. The number of thiophene rings is 1. The van der Waals surface area contributed by atoms with Gasteiger partial charge in [-0.15, -0.1) is 11.3 Å². The molecule has 3 aromatic heterocycles. The fraction of sp³-hybridized carbons (Fsp3) is 0.458. The number of aryl methyl sites for hydroxylation is 2. The van der Waals surface area contributed by atoms with Crippen molar-refractivity contribution >= 4 is 46.2 Å². The Hall–Kier alpha value is -3.67. The van der Waals surface area contributed by atoms with E-state index < -0.39 is 23.9 Å². The quantitative estimate of drug-likeness (QED) is 0.169. The van der Waals surface area contributed by atoms with Crippen molar-refractivity contribution in [2.45, 2.75) is 70.9 Å². The smallest absolute Gasteiger partial charge is 0.328 e. The van der Waals surface area contributed by atoms with E-state index in [1.807, 2.05) is 13.0 Å². The normalized spacial score (nSPS) is 12.8. The van der Waals surface area contributed by atoms with E-state index in [1.165, 1.54) is 11.3 Å². The first-order valence-corrected chi connectivity index (χ1v) is 12.7. The van der Waals surface area contributed by atoms with Crippen molar-refractivity contribution in [1.29, 1.82) is 0 Å². The Morgan fingerprint density at radius 1 is 1.22 bits per heavy atom. The molecular weight excluding hydrogens is 486 g/mol. The molecule has 1 amide bonds. The van der Waals surface area contributed by atoms with Gasteiger partial charge < -0.3 is 25.9 Å². The summed E-state index contributed by atoms with van der Waals surface area (Å²) in [5.41, 5.74) is 6.67. The van der Waals surface area contributed by atoms with E-state index >= 15 is 0 Å². The number of esters is 1. The van der Waals surface area contributed by atoms with Gasteiger partial charge in [-0.2, -0.15) is 4.98 Å². The molecule has 2 atom stereocenters. The lowest BCUT2D eigenvalue weighted by molar-refractivity contribution is -0.151. The van der Waals surface area contributed by atoms with Crippen molar-refractivity contribution in [3.05, 3.63) is 44.0 Å². The van der Waals surface area contributed by atoms with Crippen LogP contribution in [0.5, 0.6) is 0 Å². The predicted molar refractivity (Wildman–Crippen MR) is 136 cm³/mol. The summed E-state index contributed by atoms with van der Waals surface area (Å²) in [5, 5.41) is 12.1. The molecule has 36 heavy (non-hydrogen) atoms. The summed E-state index contributed by atoms with van der Waals surface area (Å²) in [6.07, 6.45) is 3.21. The number of carboxylic acids is 1. The van der Waals surface area contributed by atoms with Crippen LogP contribution in [0, 0.1) is 0 Å². The second kappa shape index (κ2) is 12.3. The SMILES string of the molecule is CCC(C)OC(=O)C(CCC(=O)O)NC(=O)c1ccc(CCCCc2cc3c(=O)[nH]c(N)nc3[nH]2)s1. The molecule has 0 aromatic carbocycles. The second-order valence-electron chi connectivity index (χ2n) is 8.60. The van der Waals surface area contributed by atoms with Crippen LogP contribution in [0.1, 0.15) is 66.2 Å². The Labute approximate surface area is 211 Å². The number of ether oxygens (including phenoxy) is 1. The number of anilines is 1.